The number of carbonyl (C=O) groups excluding carboxylic acids is 4. The third kappa shape index (κ3) is 2.34. The second-order valence-electron chi connectivity index (χ2n) is 5.94. The van der Waals surface area contributed by atoms with Crippen LogP contribution in [0, 0.1) is 0 Å². The molecule has 124 valence electrons. The SMILES string of the molecule is O=C1CC(=O)N(C(=O)OCC2c3ccccc3-c3ccccc32)C1=O. The Morgan fingerprint density at radius 1 is 0.960 bits per heavy atom. The van der Waals surface area contributed by atoms with Gasteiger partial charge in [-0.1, -0.05) is 48.5 Å². The van der Waals surface area contributed by atoms with Gasteiger partial charge in [-0.15, -0.1) is 0 Å². The summed E-state index contributed by atoms with van der Waals surface area (Å²) in [4.78, 5) is 46.9. The zero-order valence-corrected chi connectivity index (χ0v) is 13.1. The van der Waals surface area contributed by atoms with E-state index in [4.69, 9.17) is 4.74 Å². The highest BCUT2D eigenvalue weighted by Gasteiger charge is 2.43. The van der Waals surface area contributed by atoms with E-state index >= 15 is 0 Å². The molecule has 0 saturated carbocycles. The molecule has 2 aliphatic rings. The monoisotopic (exact) mass is 335 g/mol. The molecule has 3 amide bonds. The first kappa shape index (κ1) is 15.3. The van der Waals surface area contributed by atoms with Crippen molar-refractivity contribution < 1.29 is 23.9 Å². The number of ether oxygens (including phenoxy) is 1. The minimum Gasteiger partial charge on any atom is -0.448 e. The van der Waals surface area contributed by atoms with Crippen LogP contribution in [-0.4, -0.2) is 35.2 Å². The number of nitrogens with zero attached hydrogens (tertiary/aromatic N) is 1. The average Bonchev–Trinajstić information content (AvgIpc) is 3.07. The van der Waals surface area contributed by atoms with Gasteiger partial charge in [-0.3, -0.25) is 14.4 Å². The largest absolute Gasteiger partial charge is 0.448 e. The summed E-state index contributed by atoms with van der Waals surface area (Å²) in [5.74, 6) is -3.03. The summed E-state index contributed by atoms with van der Waals surface area (Å²) in [5.41, 5.74) is 4.18. The smallest absolute Gasteiger partial charge is 0.423 e. The minimum absolute atomic E-state index is 0.0158. The molecule has 1 saturated heterocycles. The summed E-state index contributed by atoms with van der Waals surface area (Å²) in [5, 5.41) is 0. The van der Waals surface area contributed by atoms with E-state index in [1.807, 2.05) is 48.5 Å². The Morgan fingerprint density at radius 2 is 1.52 bits per heavy atom. The third-order valence-corrected chi connectivity index (χ3v) is 4.52. The third-order valence-electron chi connectivity index (χ3n) is 4.52. The highest BCUT2D eigenvalue weighted by atomic mass is 16.6. The summed E-state index contributed by atoms with van der Waals surface area (Å²) in [6.45, 7) is -0.0158. The van der Waals surface area contributed by atoms with Crippen molar-refractivity contribution in [2.45, 2.75) is 12.3 Å². The van der Waals surface area contributed by atoms with Crippen LogP contribution >= 0.6 is 0 Å². The normalized spacial score (nSPS) is 16.2. The lowest BCUT2D eigenvalue weighted by molar-refractivity contribution is -0.141. The van der Waals surface area contributed by atoms with Crippen molar-refractivity contribution in [3.05, 3.63) is 59.7 Å². The zero-order valence-electron chi connectivity index (χ0n) is 13.1. The van der Waals surface area contributed by atoms with E-state index in [9.17, 15) is 19.2 Å². The lowest BCUT2D eigenvalue weighted by Crippen LogP contribution is -2.37. The Morgan fingerprint density at radius 3 is 2.04 bits per heavy atom. The molecular weight excluding hydrogens is 322 g/mol. The number of hydrogen-bond donors (Lipinski definition) is 0. The predicted molar refractivity (Wildman–Crippen MR) is 86.5 cm³/mol. The van der Waals surface area contributed by atoms with E-state index in [-0.39, 0.29) is 17.4 Å². The van der Waals surface area contributed by atoms with Gasteiger partial charge in [-0.25, -0.2) is 4.79 Å². The molecular formula is C19H13NO5. The molecule has 6 heteroatoms. The van der Waals surface area contributed by atoms with Crippen LogP contribution in [0.5, 0.6) is 0 Å². The highest BCUT2D eigenvalue weighted by molar-refractivity contribution is 6.49. The van der Waals surface area contributed by atoms with Crippen molar-refractivity contribution in [2.24, 2.45) is 0 Å². The second-order valence-corrected chi connectivity index (χ2v) is 5.94. The van der Waals surface area contributed by atoms with E-state index in [1.54, 1.807) is 0 Å². The molecule has 0 aromatic heterocycles. The molecule has 1 heterocycles. The molecule has 0 radical (unpaired) electrons. The topological polar surface area (TPSA) is 80.8 Å². The highest BCUT2D eigenvalue weighted by Crippen LogP contribution is 2.44. The van der Waals surface area contributed by atoms with Crippen LogP contribution < -0.4 is 0 Å². The molecule has 1 aliphatic heterocycles. The van der Waals surface area contributed by atoms with Gasteiger partial charge in [0.25, 0.3) is 0 Å². The first-order valence-electron chi connectivity index (χ1n) is 7.83. The Labute approximate surface area is 143 Å². The number of rotatable bonds is 2. The molecule has 1 aliphatic carbocycles. The van der Waals surface area contributed by atoms with E-state index in [0.717, 1.165) is 22.3 Å². The van der Waals surface area contributed by atoms with Crippen molar-refractivity contribution in [1.82, 2.24) is 4.90 Å². The Kier molecular flexibility index (Phi) is 3.46. The molecule has 0 N–H and O–H groups in total. The molecule has 4 rings (SSSR count). The second kappa shape index (κ2) is 5.66. The summed E-state index contributed by atoms with van der Waals surface area (Å²) >= 11 is 0. The Hall–Kier alpha value is -3.28. The molecule has 1 fully saturated rings. The van der Waals surface area contributed by atoms with Gasteiger partial charge in [0, 0.05) is 5.92 Å². The fourth-order valence-corrected chi connectivity index (χ4v) is 3.37. The van der Waals surface area contributed by atoms with Crippen LogP contribution in [0.2, 0.25) is 0 Å². The summed E-state index contributed by atoms with van der Waals surface area (Å²) in [6.07, 6.45) is -1.68. The maximum absolute atomic E-state index is 12.1. The molecule has 25 heavy (non-hydrogen) atoms. The maximum Gasteiger partial charge on any atom is 0.423 e. The van der Waals surface area contributed by atoms with Crippen molar-refractivity contribution in [1.29, 1.82) is 0 Å². The van der Waals surface area contributed by atoms with E-state index < -0.39 is 30.1 Å². The van der Waals surface area contributed by atoms with Gasteiger partial charge in [-0.05, 0) is 22.3 Å². The fraction of sp³-hybridized carbons (Fsp3) is 0.158. The van der Waals surface area contributed by atoms with Crippen molar-refractivity contribution in [3.63, 3.8) is 0 Å². The lowest BCUT2D eigenvalue weighted by atomic mass is 9.98. The van der Waals surface area contributed by atoms with Gasteiger partial charge in [0.05, 0.1) is 6.42 Å². The van der Waals surface area contributed by atoms with E-state index in [0.29, 0.717) is 0 Å². The summed E-state index contributed by atoms with van der Waals surface area (Å²) < 4.78 is 5.21. The maximum atomic E-state index is 12.1. The quantitative estimate of drug-likeness (QED) is 0.478. The minimum atomic E-state index is -1.12. The van der Waals surface area contributed by atoms with Crippen LogP contribution in [0.25, 0.3) is 11.1 Å². The molecule has 0 unspecified atom stereocenters. The summed E-state index contributed by atoms with van der Waals surface area (Å²) in [6, 6.07) is 15.6. The summed E-state index contributed by atoms with van der Waals surface area (Å²) in [7, 11) is 0. The van der Waals surface area contributed by atoms with Crippen LogP contribution in [0.4, 0.5) is 4.79 Å². The standard InChI is InChI=1S/C19H13NO5/c21-16-9-17(22)20(18(16)23)19(24)25-10-15-13-7-3-1-5-11(13)12-6-2-4-8-14(12)15/h1-8,15H,9-10H2. The fourth-order valence-electron chi connectivity index (χ4n) is 3.37. The molecule has 0 atom stereocenters. The number of fused-ring (bicyclic) bond motifs is 3. The number of Topliss-reactive ketones (excluding diaryl/α,β-unsaturated/α-hetero) is 1. The molecule has 2 aromatic carbocycles. The number of carbonyl (C=O) groups is 4. The number of ketones is 1. The van der Waals surface area contributed by atoms with Crippen LogP contribution in [-0.2, 0) is 19.1 Å². The van der Waals surface area contributed by atoms with Crippen molar-refractivity contribution >= 4 is 23.7 Å². The number of benzene rings is 2. The van der Waals surface area contributed by atoms with Crippen LogP contribution in [0.3, 0.4) is 0 Å². The number of hydrogen-bond acceptors (Lipinski definition) is 5. The van der Waals surface area contributed by atoms with E-state index in [2.05, 4.69) is 0 Å². The molecule has 0 spiro atoms. The number of likely N-dealkylation sites (tertiary alicyclic amines) is 1. The average molecular weight is 335 g/mol. The lowest BCUT2D eigenvalue weighted by Gasteiger charge is -2.16. The molecule has 6 nitrogen and oxygen atoms in total. The first-order chi connectivity index (χ1) is 12.1. The van der Waals surface area contributed by atoms with E-state index in [1.165, 1.54) is 0 Å². The van der Waals surface area contributed by atoms with Gasteiger partial charge in [0.15, 0.2) is 0 Å². The van der Waals surface area contributed by atoms with Gasteiger partial charge in [0.2, 0.25) is 11.7 Å². The van der Waals surface area contributed by atoms with Gasteiger partial charge < -0.3 is 4.74 Å². The number of amides is 3. The van der Waals surface area contributed by atoms with Gasteiger partial charge in [0.1, 0.15) is 6.61 Å². The molecule has 2 aromatic rings. The van der Waals surface area contributed by atoms with Crippen molar-refractivity contribution in [3.8, 4) is 11.1 Å². The van der Waals surface area contributed by atoms with Crippen molar-refractivity contribution in [2.75, 3.05) is 6.61 Å². The zero-order chi connectivity index (χ0) is 17.6. The number of imide groups is 3. The van der Waals surface area contributed by atoms with Crippen LogP contribution in [0.1, 0.15) is 23.5 Å². The Bertz CT molecular complexity index is 887. The van der Waals surface area contributed by atoms with Crippen LogP contribution in [0.15, 0.2) is 48.5 Å². The first-order valence-corrected chi connectivity index (χ1v) is 7.83. The molecule has 0 bridgehead atoms. The van der Waals surface area contributed by atoms with Gasteiger partial charge >= 0.3 is 12.0 Å². The van der Waals surface area contributed by atoms with Gasteiger partial charge in [-0.2, -0.15) is 4.90 Å². The predicted octanol–water partition coefficient (Wildman–Crippen LogP) is 2.26. The Balaban J connectivity index is 1.58.